The molecule has 6 rings (SSSR count). The average Bonchev–Trinajstić information content (AvgIpc) is 3.38. The summed E-state index contributed by atoms with van der Waals surface area (Å²) < 4.78 is 21.1. The minimum atomic E-state index is -0.280. The normalized spacial score (nSPS) is 13.8. The molecule has 0 unspecified atom stereocenters. The highest BCUT2D eigenvalue weighted by Gasteiger charge is 2.22. The smallest absolute Gasteiger partial charge is 0.158 e. The summed E-state index contributed by atoms with van der Waals surface area (Å²) in [6.45, 7) is 3.45. The Morgan fingerprint density at radius 1 is 0.722 bits per heavy atom. The third kappa shape index (κ3) is 4.24. The van der Waals surface area contributed by atoms with E-state index in [-0.39, 0.29) is 5.82 Å². The maximum atomic E-state index is 13.9. The van der Waals surface area contributed by atoms with Crippen LogP contribution in [0.15, 0.2) is 91.0 Å². The van der Waals surface area contributed by atoms with Gasteiger partial charge in [0.25, 0.3) is 0 Å². The first-order chi connectivity index (χ1) is 17.7. The lowest BCUT2D eigenvalue weighted by Crippen LogP contribution is -2.47. The second kappa shape index (κ2) is 9.34. The van der Waals surface area contributed by atoms with Gasteiger partial charge in [0.05, 0.1) is 18.5 Å². The number of methoxy groups -OCH3 is 1. The molecule has 180 valence electrons. The molecular formula is C29H26FN5O. The van der Waals surface area contributed by atoms with Crippen LogP contribution in [0.25, 0.3) is 28.2 Å². The second-order valence-corrected chi connectivity index (χ2v) is 8.85. The van der Waals surface area contributed by atoms with Crippen LogP contribution in [0, 0.1) is 5.82 Å². The van der Waals surface area contributed by atoms with Crippen LogP contribution >= 0.6 is 0 Å². The number of anilines is 2. The van der Waals surface area contributed by atoms with Crippen LogP contribution in [0.1, 0.15) is 0 Å². The van der Waals surface area contributed by atoms with E-state index < -0.39 is 0 Å². The summed E-state index contributed by atoms with van der Waals surface area (Å²) in [5.74, 6) is 1.56. The van der Waals surface area contributed by atoms with Crippen molar-refractivity contribution in [2.24, 2.45) is 0 Å². The number of fused-ring (bicyclic) bond motifs is 1. The molecule has 0 N–H and O–H groups in total. The maximum Gasteiger partial charge on any atom is 0.158 e. The van der Waals surface area contributed by atoms with E-state index in [1.807, 2.05) is 47.0 Å². The van der Waals surface area contributed by atoms with Crippen LogP contribution in [0.4, 0.5) is 15.9 Å². The van der Waals surface area contributed by atoms with Crippen LogP contribution in [-0.4, -0.2) is 47.9 Å². The van der Waals surface area contributed by atoms with Crippen molar-refractivity contribution in [2.75, 3.05) is 43.1 Å². The quantitative estimate of drug-likeness (QED) is 0.331. The van der Waals surface area contributed by atoms with E-state index in [1.165, 1.54) is 17.8 Å². The molecule has 0 radical (unpaired) electrons. The Balaban J connectivity index is 1.36. The number of hydrogen-bond donors (Lipinski definition) is 0. The Morgan fingerprint density at radius 2 is 1.44 bits per heavy atom. The highest BCUT2D eigenvalue weighted by atomic mass is 19.1. The number of ether oxygens (including phenoxy) is 1. The SMILES string of the molecule is COc1ccc(N2CCN(c3cc(-c4ccccc4)nc4cc(-c5cccc(F)c5)nn34)CC2)cc1. The van der Waals surface area contributed by atoms with Crippen LogP contribution in [0.2, 0.25) is 0 Å². The van der Waals surface area contributed by atoms with E-state index in [4.69, 9.17) is 14.8 Å². The van der Waals surface area contributed by atoms with Crippen molar-refractivity contribution in [3.05, 3.63) is 96.8 Å². The lowest BCUT2D eigenvalue weighted by atomic mass is 10.1. The fourth-order valence-corrected chi connectivity index (χ4v) is 4.72. The monoisotopic (exact) mass is 479 g/mol. The van der Waals surface area contributed by atoms with Crippen LogP contribution < -0.4 is 14.5 Å². The van der Waals surface area contributed by atoms with Gasteiger partial charge >= 0.3 is 0 Å². The standard InChI is InChI=1S/C29H26FN5O/c1-36-25-12-10-24(11-13-25)33-14-16-34(17-15-33)29-20-26(21-6-3-2-4-7-21)31-28-19-27(32-35(28)29)22-8-5-9-23(30)18-22/h2-13,18-20H,14-17H2,1H3. The van der Waals surface area contributed by atoms with Gasteiger partial charge in [0.15, 0.2) is 5.65 Å². The van der Waals surface area contributed by atoms with Gasteiger partial charge < -0.3 is 14.5 Å². The van der Waals surface area contributed by atoms with Gasteiger partial charge in [-0.15, -0.1) is 0 Å². The lowest BCUT2D eigenvalue weighted by molar-refractivity contribution is 0.415. The van der Waals surface area contributed by atoms with Gasteiger partial charge in [-0.1, -0.05) is 42.5 Å². The van der Waals surface area contributed by atoms with E-state index in [0.717, 1.165) is 60.2 Å². The van der Waals surface area contributed by atoms with Gasteiger partial charge in [0.1, 0.15) is 17.4 Å². The zero-order valence-corrected chi connectivity index (χ0v) is 20.0. The molecule has 0 atom stereocenters. The summed E-state index contributed by atoms with van der Waals surface area (Å²) in [5.41, 5.74) is 5.30. The molecule has 6 nitrogen and oxygen atoms in total. The predicted octanol–water partition coefficient (Wildman–Crippen LogP) is 5.54. The van der Waals surface area contributed by atoms with E-state index in [1.54, 1.807) is 13.2 Å². The molecule has 7 heteroatoms. The summed E-state index contributed by atoms with van der Waals surface area (Å²) in [5, 5.41) is 4.85. The van der Waals surface area contributed by atoms with Gasteiger partial charge in [0, 0.05) is 55.1 Å². The van der Waals surface area contributed by atoms with Crippen molar-refractivity contribution in [3.63, 3.8) is 0 Å². The van der Waals surface area contributed by atoms with Crippen molar-refractivity contribution < 1.29 is 9.13 Å². The highest BCUT2D eigenvalue weighted by molar-refractivity contribution is 5.71. The Kier molecular flexibility index (Phi) is 5.73. The van der Waals surface area contributed by atoms with E-state index >= 15 is 0 Å². The molecule has 3 heterocycles. The van der Waals surface area contributed by atoms with Gasteiger partial charge in [-0.3, -0.25) is 0 Å². The Bertz CT molecular complexity index is 1490. The number of aromatic nitrogens is 3. The zero-order valence-electron chi connectivity index (χ0n) is 20.0. The fourth-order valence-electron chi connectivity index (χ4n) is 4.72. The van der Waals surface area contributed by atoms with Crippen molar-refractivity contribution in [2.45, 2.75) is 0 Å². The van der Waals surface area contributed by atoms with Gasteiger partial charge in [-0.25, -0.2) is 9.37 Å². The molecule has 36 heavy (non-hydrogen) atoms. The molecule has 0 amide bonds. The number of rotatable bonds is 5. The zero-order chi connectivity index (χ0) is 24.5. The predicted molar refractivity (Wildman–Crippen MR) is 141 cm³/mol. The molecule has 1 saturated heterocycles. The molecule has 0 bridgehead atoms. The molecule has 1 fully saturated rings. The first-order valence-electron chi connectivity index (χ1n) is 12.0. The third-order valence-corrected chi connectivity index (χ3v) is 6.64. The Labute approximate surface area is 209 Å². The minimum Gasteiger partial charge on any atom is -0.497 e. The van der Waals surface area contributed by atoms with Crippen LogP contribution in [0.5, 0.6) is 5.75 Å². The summed E-state index contributed by atoms with van der Waals surface area (Å²) in [7, 11) is 1.68. The largest absolute Gasteiger partial charge is 0.497 e. The average molecular weight is 480 g/mol. The third-order valence-electron chi connectivity index (χ3n) is 6.64. The molecule has 5 aromatic rings. The van der Waals surface area contributed by atoms with Gasteiger partial charge in [0.2, 0.25) is 0 Å². The maximum absolute atomic E-state index is 13.9. The number of halogens is 1. The number of benzene rings is 3. The highest BCUT2D eigenvalue weighted by Crippen LogP contribution is 2.29. The van der Waals surface area contributed by atoms with Crippen molar-refractivity contribution >= 4 is 17.2 Å². The second-order valence-electron chi connectivity index (χ2n) is 8.85. The van der Waals surface area contributed by atoms with Crippen molar-refractivity contribution in [1.82, 2.24) is 14.6 Å². The summed E-state index contributed by atoms with van der Waals surface area (Å²) in [4.78, 5) is 9.64. The topological polar surface area (TPSA) is 45.9 Å². The first kappa shape index (κ1) is 22.1. The Morgan fingerprint density at radius 3 is 2.17 bits per heavy atom. The molecule has 3 aromatic carbocycles. The molecule has 1 aliphatic rings. The number of piperazine rings is 1. The minimum absolute atomic E-state index is 0.280. The van der Waals surface area contributed by atoms with Crippen molar-refractivity contribution in [3.8, 4) is 28.3 Å². The summed E-state index contributed by atoms with van der Waals surface area (Å²) >= 11 is 0. The number of hydrogen-bond acceptors (Lipinski definition) is 5. The molecule has 0 aliphatic carbocycles. The number of nitrogens with zero attached hydrogens (tertiary/aromatic N) is 5. The summed E-state index contributed by atoms with van der Waals surface area (Å²) in [6.07, 6.45) is 0. The van der Waals surface area contributed by atoms with E-state index in [2.05, 4.69) is 40.1 Å². The van der Waals surface area contributed by atoms with Gasteiger partial charge in [-0.05, 0) is 36.4 Å². The van der Waals surface area contributed by atoms with Gasteiger partial charge in [-0.2, -0.15) is 9.61 Å². The molecule has 0 saturated carbocycles. The van der Waals surface area contributed by atoms with Crippen molar-refractivity contribution in [1.29, 1.82) is 0 Å². The van der Waals surface area contributed by atoms with Crippen LogP contribution in [-0.2, 0) is 0 Å². The molecule has 0 spiro atoms. The van der Waals surface area contributed by atoms with E-state index in [9.17, 15) is 4.39 Å². The van der Waals surface area contributed by atoms with Crippen LogP contribution in [0.3, 0.4) is 0 Å². The van der Waals surface area contributed by atoms with E-state index in [0.29, 0.717) is 5.69 Å². The fraction of sp³-hybridized carbons (Fsp3) is 0.172. The lowest BCUT2D eigenvalue weighted by Gasteiger charge is -2.37. The Hall–Kier alpha value is -4.39. The first-order valence-corrected chi connectivity index (χ1v) is 12.0. The summed E-state index contributed by atoms with van der Waals surface area (Å²) in [6, 6.07) is 28.9. The molecule has 1 aliphatic heterocycles. The molecular weight excluding hydrogens is 453 g/mol. The molecule has 2 aromatic heterocycles.